The molecular formula is C12H22F3NO. The van der Waals surface area contributed by atoms with Gasteiger partial charge in [0.1, 0.15) is 0 Å². The van der Waals surface area contributed by atoms with E-state index in [2.05, 4.69) is 0 Å². The molecule has 0 aromatic heterocycles. The van der Waals surface area contributed by atoms with Crippen molar-refractivity contribution in [2.75, 3.05) is 13.2 Å². The highest BCUT2D eigenvalue weighted by Gasteiger charge is 2.42. The Balaban J connectivity index is 2.26. The summed E-state index contributed by atoms with van der Waals surface area (Å²) in [6.45, 7) is 3.15. The van der Waals surface area contributed by atoms with Gasteiger partial charge in [0.05, 0.1) is 12.5 Å². The molecule has 0 heterocycles. The molecule has 17 heavy (non-hydrogen) atoms. The third-order valence-corrected chi connectivity index (χ3v) is 3.50. The summed E-state index contributed by atoms with van der Waals surface area (Å²) in [7, 11) is 0. The normalized spacial score (nSPS) is 28.1. The second-order valence-electron chi connectivity index (χ2n) is 4.89. The first-order chi connectivity index (χ1) is 7.95. The number of hydrogen-bond donors (Lipinski definition) is 1. The molecule has 1 aliphatic carbocycles. The average molecular weight is 253 g/mol. The lowest BCUT2D eigenvalue weighted by Gasteiger charge is -2.32. The minimum absolute atomic E-state index is 0.115. The largest absolute Gasteiger partial charge is 0.391 e. The number of nitrogens with two attached hydrogens (primary N) is 1. The number of alkyl halides is 3. The van der Waals surface area contributed by atoms with Crippen LogP contribution >= 0.6 is 0 Å². The fourth-order valence-corrected chi connectivity index (χ4v) is 2.37. The summed E-state index contributed by atoms with van der Waals surface area (Å²) in [4.78, 5) is 0. The van der Waals surface area contributed by atoms with Crippen molar-refractivity contribution in [2.24, 2.45) is 17.6 Å². The highest BCUT2D eigenvalue weighted by Crippen LogP contribution is 2.40. The van der Waals surface area contributed by atoms with Gasteiger partial charge in [0, 0.05) is 12.6 Å². The van der Waals surface area contributed by atoms with Gasteiger partial charge in [-0.25, -0.2) is 0 Å². The van der Waals surface area contributed by atoms with Crippen molar-refractivity contribution in [3.8, 4) is 0 Å². The second kappa shape index (κ2) is 6.59. The molecule has 2 N–H and O–H groups in total. The molecule has 0 amide bonds. The first-order valence-electron chi connectivity index (χ1n) is 6.35. The first kappa shape index (κ1) is 14.8. The van der Waals surface area contributed by atoms with Crippen LogP contribution < -0.4 is 5.73 Å². The van der Waals surface area contributed by atoms with E-state index >= 15 is 0 Å². The lowest BCUT2D eigenvalue weighted by Crippen LogP contribution is -2.39. The topological polar surface area (TPSA) is 35.2 Å². The van der Waals surface area contributed by atoms with Gasteiger partial charge in [0.15, 0.2) is 0 Å². The minimum atomic E-state index is -4.03. The molecule has 0 spiro atoms. The Bertz CT molecular complexity index is 212. The lowest BCUT2D eigenvalue weighted by atomic mass is 9.78. The monoisotopic (exact) mass is 253 g/mol. The highest BCUT2D eigenvalue weighted by atomic mass is 19.4. The van der Waals surface area contributed by atoms with Crippen molar-refractivity contribution in [3.63, 3.8) is 0 Å². The molecule has 1 fully saturated rings. The Morgan fingerprint density at radius 1 is 1.24 bits per heavy atom. The fraction of sp³-hybridized carbons (Fsp3) is 1.00. The van der Waals surface area contributed by atoms with Gasteiger partial charge < -0.3 is 10.5 Å². The van der Waals surface area contributed by atoms with E-state index in [-0.39, 0.29) is 24.8 Å². The molecule has 1 saturated carbocycles. The quantitative estimate of drug-likeness (QED) is 0.764. The highest BCUT2D eigenvalue weighted by molar-refractivity contribution is 4.82. The minimum Gasteiger partial charge on any atom is -0.380 e. The Kier molecular flexibility index (Phi) is 5.73. The molecule has 1 rings (SSSR count). The van der Waals surface area contributed by atoms with Gasteiger partial charge >= 0.3 is 6.18 Å². The van der Waals surface area contributed by atoms with Crippen LogP contribution in [0.25, 0.3) is 0 Å². The van der Waals surface area contributed by atoms with Crippen molar-refractivity contribution in [1.82, 2.24) is 0 Å². The zero-order chi connectivity index (χ0) is 12.9. The van der Waals surface area contributed by atoms with E-state index in [0.29, 0.717) is 26.1 Å². The van der Waals surface area contributed by atoms with Crippen LogP contribution in [0.2, 0.25) is 0 Å². The van der Waals surface area contributed by atoms with E-state index in [1.54, 1.807) is 0 Å². The molecule has 1 aliphatic rings. The molecule has 0 radical (unpaired) electrons. The second-order valence-corrected chi connectivity index (χ2v) is 4.89. The Hall–Kier alpha value is -0.290. The van der Waals surface area contributed by atoms with Crippen molar-refractivity contribution < 1.29 is 17.9 Å². The van der Waals surface area contributed by atoms with Crippen LogP contribution in [0.15, 0.2) is 0 Å². The summed E-state index contributed by atoms with van der Waals surface area (Å²) in [5, 5.41) is 0. The predicted molar refractivity (Wildman–Crippen MR) is 60.6 cm³/mol. The summed E-state index contributed by atoms with van der Waals surface area (Å²) in [5.74, 6) is -0.937. The van der Waals surface area contributed by atoms with Gasteiger partial charge in [0.2, 0.25) is 0 Å². The van der Waals surface area contributed by atoms with Gasteiger partial charge in [-0.15, -0.1) is 0 Å². The molecule has 0 bridgehead atoms. The molecule has 0 aliphatic heterocycles. The SMILES string of the molecule is CCCOCC(N)C1CCC(C(F)(F)F)CC1. The van der Waals surface area contributed by atoms with Crippen LogP contribution in [0.4, 0.5) is 13.2 Å². The molecule has 0 saturated heterocycles. The molecule has 5 heteroatoms. The third kappa shape index (κ3) is 4.84. The van der Waals surface area contributed by atoms with Crippen molar-refractivity contribution in [2.45, 2.75) is 51.2 Å². The maximum Gasteiger partial charge on any atom is 0.391 e. The van der Waals surface area contributed by atoms with Crippen LogP contribution in [0, 0.1) is 11.8 Å². The van der Waals surface area contributed by atoms with Crippen molar-refractivity contribution >= 4 is 0 Å². The lowest BCUT2D eigenvalue weighted by molar-refractivity contribution is -0.184. The van der Waals surface area contributed by atoms with Crippen LogP contribution in [-0.2, 0) is 4.74 Å². The molecular weight excluding hydrogens is 231 g/mol. The molecule has 0 aromatic carbocycles. The Labute approximate surface area is 101 Å². The van der Waals surface area contributed by atoms with Crippen molar-refractivity contribution in [3.05, 3.63) is 0 Å². The maximum atomic E-state index is 12.5. The van der Waals surface area contributed by atoms with Crippen LogP contribution in [0.1, 0.15) is 39.0 Å². The van der Waals surface area contributed by atoms with Gasteiger partial charge in [-0.1, -0.05) is 6.92 Å². The summed E-state index contributed by atoms with van der Waals surface area (Å²) in [6.07, 6.45) is -1.52. The maximum absolute atomic E-state index is 12.5. The smallest absolute Gasteiger partial charge is 0.380 e. The zero-order valence-electron chi connectivity index (χ0n) is 10.3. The van der Waals surface area contributed by atoms with Crippen LogP contribution in [-0.4, -0.2) is 25.4 Å². The predicted octanol–water partition coefficient (Wildman–Crippen LogP) is 3.11. The van der Waals surface area contributed by atoms with E-state index in [1.165, 1.54) is 0 Å². The van der Waals surface area contributed by atoms with Gasteiger partial charge in [0.25, 0.3) is 0 Å². The van der Waals surface area contributed by atoms with E-state index in [1.807, 2.05) is 6.92 Å². The zero-order valence-corrected chi connectivity index (χ0v) is 10.3. The summed E-state index contributed by atoms with van der Waals surface area (Å²) >= 11 is 0. The van der Waals surface area contributed by atoms with E-state index in [4.69, 9.17) is 10.5 Å². The fourth-order valence-electron chi connectivity index (χ4n) is 2.37. The molecule has 1 atom stereocenters. The third-order valence-electron chi connectivity index (χ3n) is 3.50. The van der Waals surface area contributed by atoms with Crippen molar-refractivity contribution in [1.29, 1.82) is 0 Å². The first-order valence-corrected chi connectivity index (χ1v) is 6.35. The number of rotatable bonds is 5. The summed E-state index contributed by atoms with van der Waals surface area (Å²) in [6, 6.07) is -0.115. The number of halogens is 3. The van der Waals surface area contributed by atoms with Gasteiger partial charge in [-0.05, 0) is 38.0 Å². The van der Waals surface area contributed by atoms with E-state index in [9.17, 15) is 13.2 Å². The Morgan fingerprint density at radius 3 is 2.29 bits per heavy atom. The van der Waals surface area contributed by atoms with E-state index in [0.717, 1.165) is 6.42 Å². The van der Waals surface area contributed by atoms with Crippen LogP contribution in [0.3, 0.4) is 0 Å². The number of ether oxygens (including phenoxy) is 1. The molecule has 0 aromatic rings. The molecule has 2 nitrogen and oxygen atoms in total. The van der Waals surface area contributed by atoms with Crippen LogP contribution in [0.5, 0.6) is 0 Å². The van der Waals surface area contributed by atoms with E-state index < -0.39 is 12.1 Å². The summed E-state index contributed by atoms with van der Waals surface area (Å²) in [5.41, 5.74) is 5.94. The number of hydrogen-bond acceptors (Lipinski definition) is 2. The standard InChI is InChI=1S/C12H22F3NO/c1-2-7-17-8-11(16)9-3-5-10(6-4-9)12(13,14)15/h9-11H,2-8,16H2,1H3. The molecule has 1 unspecified atom stereocenters. The van der Waals surface area contributed by atoms with Gasteiger partial charge in [-0.2, -0.15) is 13.2 Å². The Morgan fingerprint density at radius 2 is 1.82 bits per heavy atom. The summed E-state index contributed by atoms with van der Waals surface area (Å²) < 4.78 is 42.7. The average Bonchev–Trinajstić information content (AvgIpc) is 2.28. The molecule has 102 valence electrons. The van der Waals surface area contributed by atoms with Gasteiger partial charge in [-0.3, -0.25) is 0 Å².